The molecule has 1 fully saturated rings. The van der Waals surface area contributed by atoms with Crippen LogP contribution in [-0.2, 0) is 20.9 Å². The molecule has 0 unspecified atom stereocenters. The van der Waals surface area contributed by atoms with Crippen LogP contribution in [0.25, 0.3) is 0 Å². The number of ether oxygens (including phenoxy) is 3. The highest BCUT2D eigenvalue weighted by Crippen LogP contribution is 2.27. The van der Waals surface area contributed by atoms with Gasteiger partial charge in [0.2, 0.25) is 5.91 Å². The highest BCUT2D eigenvalue weighted by atomic mass is 32.1. The van der Waals surface area contributed by atoms with E-state index in [0.717, 1.165) is 25.7 Å². The van der Waals surface area contributed by atoms with E-state index in [1.54, 1.807) is 19.4 Å². The lowest BCUT2D eigenvalue weighted by Gasteiger charge is -2.32. The van der Waals surface area contributed by atoms with Crippen molar-refractivity contribution in [2.45, 2.75) is 64.1 Å². The van der Waals surface area contributed by atoms with Crippen molar-refractivity contribution < 1.29 is 28.6 Å². The maximum absolute atomic E-state index is 12.8. The molecule has 10 heteroatoms. The molecular formula is C24H31N3O6S. The first-order chi connectivity index (χ1) is 16.5. The lowest BCUT2D eigenvalue weighted by Crippen LogP contribution is -2.53. The number of carbonyl (C=O) groups excluding carboxylic acids is 3. The third-order valence-electron chi connectivity index (χ3n) is 5.49. The fraction of sp³-hybridized carbons (Fsp3) is 0.500. The van der Waals surface area contributed by atoms with Crippen molar-refractivity contribution in [2.24, 2.45) is 0 Å². The molecule has 184 valence electrons. The third-order valence-corrected chi connectivity index (χ3v) is 6.32. The molecule has 3 rings (SSSR count). The molecule has 1 aromatic carbocycles. The van der Waals surface area contributed by atoms with Gasteiger partial charge in [-0.2, -0.15) is 0 Å². The van der Waals surface area contributed by atoms with E-state index in [-0.39, 0.29) is 49.3 Å². The lowest BCUT2D eigenvalue weighted by atomic mass is 9.90. The van der Waals surface area contributed by atoms with Crippen molar-refractivity contribution in [3.8, 4) is 11.5 Å². The minimum absolute atomic E-state index is 0.0436. The van der Waals surface area contributed by atoms with E-state index in [4.69, 9.17) is 14.2 Å². The largest absolute Gasteiger partial charge is 0.493 e. The fourth-order valence-corrected chi connectivity index (χ4v) is 4.49. The van der Waals surface area contributed by atoms with Gasteiger partial charge in [-0.25, -0.2) is 4.98 Å². The quantitative estimate of drug-likeness (QED) is 0.466. The molecule has 0 spiro atoms. The summed E-state index contributed by atoms with van der Waals surface area (Å²) < 4.78 is 15.9. The van der Waals surface area contributed by atoms with E-state index in [0.29, 0.717) is 28.8 Å². The van der Waals surface area contributed by atoms with Crippen LogP contribution >= 0.6 is 11.3 Å². The molecular weight excluding hydrogens is 458 g/mol. The van der Waals surface area contributed by atoms with Crippen LogP contribution in [0, 0.1) is 0 Å². The number of methoxy groups -OCH3 is 1. The predicted molar refractivity (Wildman–Crippen MR) is 127 cm³/mol. The molecule has 1 aliphatic rings. The Kier molecular flexibility index (Phi) is 9.69. The summed E-state index contributed by atoms with van der Waals surface area (Å²) in [6.45, 7) is 2.25. The first kappa shape index (κ1) is 25.5. The lowest BCUT2D eigenvalue weighted by molar-refractivity contribution is -0.144. The van der Waals surface area contributed by atoms with Gasteiger partial charge < -0.3 is 24.8 Å². The van der Waals surface area contributed by atoms with E-state index in [1.807, 2.05) is 24.3 Å². The van der Waals surface area contributed by atoms with Gasteiger partial charge in [-0.05, 0) is 31.9 Å². The summed E-state index contributed by atoms with van der Waals surface area (Å²) in [5.74, 6) is 0.348. The van der Waals surface area contributed by atoms with E-state index in [2.05, 4.69) is 15.6 Å². The van der Waals surface area contributed by atoms with Gasteiger partial charge in [-0.1, -0.05) is 25.0 Å². The topological polar surface area (TPSA) is 116 Å². The summed E-state index contributed by atoms with van der Waals surface area (Å²) in [5.41, 5.74) is 0.321. The number of amides is 2. The van der Waals surface area contributed by atoms with E-state index in [9.17, 15) is 14.4 Å². The normalized spacial score (nSPS) is 17.5. The molecule has 1 saturated carbocycles. The SMILES string of the molecule is CCOC(=O)CCC(=O)N[C@H]1CCCC[C@H]1NC(=O)c1csc(COc2ccccc2OC)n1. The molecule has 9 nitrogen and oxygen atoms in total. The zero-order valence-corrected chi connectivity index (χ0v) is 20.3. The summed E-state index contributed by atoms with van der Waals surface area (Å²) in [5, 5.41) is 8.36. The second kappa shape index (κ2) is 12.9. The highest BCUT2D eigenvalue weighted by Gasteiger charge is 2.28. The Morgan fingerprint density at radius 3 is 2.47 bits per heavy atom. The molecule has 0 saturated heterocycles. The maximum Gasteiger partial charge on any atom is 0.306 e. The average molecular weight is 490 g/mol. The molecule has 0 bridgehead atoms. The Morgan fingerprint density at radius 1 is 1.06 bits per heavy atom. The number of nitrogens with one attached hydrogen (secondary N) is 2. The van der Waals surface area contributed by atoms with Gasteiger partial charge in [0, 0.05) is 23.9 Å². The Labute approximate surface area is 203 Å². The first-order valence-electron chi connectivity index (χ1n) is 11.5. The molecule has 0 radical (unpaired) electrons. The molecule has 2 amide bonds. The van der Waals surface area contributed by atoms with Gasteiger partial charge in [0.05, 0.1) is 20.1 Å². The maximum atomic E-state index is 12.8. The number of hydrogen-bond donors (Lipinski definition) is 2. The highest BCUT2D eigenvalue weighted by molar-refractivity contribution is 7.09. The van der Waals surface area contributed by atoms with Crippen LogP contribution in [-0.4, -0.2) is 48.6 Å². The van der Waals surface area contributed by atoms with E-state index < -0.39 is 0 Å². The molecule has 2 atom stereocenters. The second-order valence-electron chi connectivity index (χ2n) is 7.91. The van der Waals surface area contributed by atoms with Crippen LogP contribution in [0.2, 0.25) is 0 Å². The smallest absolute Gasteiger partial charge is 0.306 e. The summed E-state index contributed by atoms with van der Waals surface area (Å²) in [6.07, 6.45) is 3.58. The summed E-state index contributed by atoms with van der Waals surface area (Å²) in [4.78, 5) is 41.0. The standard InChI is InChI=1S/C24H31N3O6S/c1-3-32-23(29)13-12-21(28)25-16-8-4-5-9-17(16)27-24(30)18-15-34-22(26-18)14-33-20-11-7-6-10-19(20)31-2/h6-7,10-11,15-17H,3-5,8-9,12-14H2,1-2H3,(H,25,28)(H,27,30)/t16-,17+/m0/s1. The molecule has 1 heterocycles. The van der Waals surface area contributed by atoms with Crippen LogP contribution in [0.3, 0.4) is 0 Å². The van der Waals surface area contributed by atoms with Gasteiger partial charge in [0.15, 0.2) is 11.5 Å². The minimum atomic E-state index is -0.389. The average Bonchev–Trinajstić information content (AvgIpc) is 3.32. The Hall–Kier alpha value is -3.14. The Bertz CT molecular complexity index is 979. The summed E-state index contributed by atoms with van der Waals surface area (Å²) >= 11 is 1.35. The van der Waals surface area contributed by atoms with Gasteiger partial charge in [-0.15, -0.1) is 11.3 Å². The molecule has 2 aromatic rings. The first-order valence-corrected chi connectivity index (χ1v) is 12.3. The number of nitrogens with zero attached hydrogens (tertiary/aromatic N) is 1. The third kappa shape index (κ3) is 7.44. The zero-order chi connectivity index (χ0) is 24.3. The van der Waals surface area contributed by atoms with Crippen molar-refractivity contribution in [1.29, 1.82) is 0 Å². The number of rotatable bonds is 11. The van der Waals surface area contributed by atoms with Crippen molar-refractivity contribution in [1.82, 2.24) is 15.6 Å². The number of carbonyl (C=O) groups is 3. The van der Waals surface area contributed by atoms with Crippen LogP contribution < -0.4 is 20.1 Å². The van der Waals surface area contributed by atoms with Gasteiger partial charge in [-0.3, -0.25) is 14.4 Å². The fourth-order valence-electron chi connectivity index (χ4n) is 3.81. The van der Waals surface area contributed by atoms with Crippen LogP contribution in [0.5, 0.6) is 11.5 Å². The molecule has 0 aliphatic heterocycles. The summed E-state index contributed by atoms with van der Waals surface area (Å²) in [6, 6.07) is 6.96. The molecule has 1 aliphatic carbocycles. The number of thiazole rings is 1. The number of para-hydroxylation sites is 2. The molecule has 2 N–H and O–H groups in total. The van der Waals surface area contributed by atoms with Crippen LogP contribution in [0.4, 0.5) is 0 Å². The zero-order valence-electron chi connectivity index (χ0n) is 19.5. The van der Waals surface area contributed by atoms with Crippen molar-refractivity contribution in [3.63, 3.8) is 0 Å². The summed E-state index contributed by atoms with van der Waals surface area (Å²) in [7, 11) is 1.58. The molecule has 1 aromatic heterocycles. The number of hydrogen-bond acceptors (Lipinski definition) is 8. The van der Waals surface area contributed by atoms with Crippen molar-refractivity contribution in [3.05, 3.63) is 40.3 Å². The number of benzene rings is 1. The Balaban J connectivity index is 1.51. The predicted octanol–water partition coefficient (Wildman–Crippen LogP) is 3.23. The van der Waals surface area contributed by atoms with Gasteiger partial charge >= 0.3 is 5.97 Å². The van der Waals surface area contributed by atoms with Crippen LogP contribution in [0.1, 0.15) is 60.9 Å². The monoisotopic (exact) mass is 489 g/mol. The number of esters is 1. The van der Waals surface area contributed by atoms with Crippen molar-refractivity contribution >= 4 is 29.1 Å². The van der Waals surface area contributed by atoms with E-state index in [1.165, 1.54) is 11.3 Å². The number of aromatic nitrogens is 1. The van der Waals surface area contributed by atoms with E-state index >= 15 is 0 Å². The second-order valence-corrected chi connectivity index (χ2v) is 8.85. The minimum Gasteiger partial charge on any atom is -0.493 e. The van der Waals surface area contributed by atoms with Crippen LogP contribution in [0.15, 0.2) is 29.6 Å². The Morgan fingerprint density at radius 2 is 1.76 bits per heavy atom. The van der Waals surface area contributed by atoms with Gasteiger partial charge in [0.25, 0.3) is 5.91 Å². The molecule has 34 heavy (non-hydrogen) atoms. The van der Waals surface area contributed by atoms with Gasteiger partial charge in [0.1, 0.15) is 17.3 Å². The van der Waals surface area contributed by atoms with Crippen molar-refractivity contribution in [2.75, 3.05) is 13.7 Å².